The topological polar surface area (TPSA) is 91.2 Å². The SMILES string of the molecule is C[C@@H](OC(=O)c1cn2ccccc2n1)C(=O)NCc1ccc2c(c1)OCO2. The summed E-state index contributed by atoms with van der Waals surface area (Å²) in [6.07, 6.45) is 2.39. The first kappa shape index (κ1) is 16.9. The highest BCUT2D eigenvalue weighted by Gasteiger charge is 2.21. The number of amides is 1. The lowest BCUT2D eigenvalue weighted by Crippen LogP contribution is -2.35. The molecule has 0 bridgehead atoms. The molecule has 3 aromatic rings. The number of carbonyl (C=O) groups is 2. The van der Waals surface area contributed by atoms with Crippen LogP contribution < -0.4 is 14.8 Å². The minimum atomic E-state index is -0.948. The molecule has 27 heavy (non-hydrogen) atoms. The molecule has 0 saturated heterocycles. The second-order valence-electron chi connectivity index (χ2n) is 6.05. The summed E-state index contributed by atoms with van der Waals surface area (Å²) in [4.78, 5) is 28.6. The van der Waals surface area contributed by atoms with Gasteiger partial charge in [0, 0.05) is 18.9 Å². The van der Waals surface area contributed by atoms with Crippen LogP contribution in [0.3, 0.4) is 0 Å². The molecule has 1 aromatic carbocycles. The van der Waals surface area contributed by atoms with Gasteiger partial charge in [-0.15, -0.1) is 0 Å². The third kappa shape index (κ3) is 3.55. The van der Waals surface area contributed by atoms with E-state index in [0.29, 0.717) is 17.1 Å². The molecule has 1 amide bonds. The number of esters is 1. The minimum Gasteiger partial charge on any atom is -0.454 e. The summed E-state index contributed by atoms with van der Waals surface area (Å²) >= 11 is 0. The van der Waals surface area contributed by atoms with Crippen LogP contribution in [-0.2, 0) is 16.1 Å². The van der Waals surface area contributed by atoms with Crippen LogP contribution in [0.1, 0.15) is 23.0 Å². The van der Waals surface area contributed by atoms with Crippen molar-refractivity contribution in [2.24, 2.45) is 0 Å². The number of rotatable bonds is 5. The number of nitrogens with one attached hydrogen (secondary N) is 1. The molecule has 4 rings (SSSR count). The van der Waals surface area contributed by atoms with Crippen LogP contribution in [0.2, 0.25) is 0 Å². The average Bonchev–Trinajstić information content (AvgIpc) is 3.31. The van der Waals surface area contributed by atoms with Crippen LogP contribution in [0.5, 0.6) is 11.5 Å². The standard InChI is InChI=1S/C19H17N3O5/c1-12(27-19(24)14-10-22-7-3-2-4-17(22)21-14)18(23)20-9-13-5-6-15-16(8-13)26-11-25-15/h2-8,10,12H,9,11H2,1H3,(H,20,23)/t12-/m1/s1. The molecule has 2 aromatic heterocycles. The van der Waals surface area contributed by atoms with Gasteiger partial charge in [0.25, 0.3) is 5.91 Å². The zero-order valence-corrected chi connectivity index (χ0v) is 14.5. The number of nitrogens with zero attached hydrogens (tertiary/aromatic N) is 2. The average molecular weight is 367 g/mol. The third-order valence-electron chi connectivity index (χ3n) is 4.13. The smallest absolute Gasteiger partial charge is 0.359 e. The summed E-state index contributed by atoms with van der Waals surface area (Å²) in [5, 5.41) is 2.74. The second-order valence-corrected chi connectivity index (χ2v) is 6.05. The van der Waals surface area contributed by atoms with E-state index in [1.54, 1.807) is 35.0 Å². The summed E-state index contributed by atoms with van der Waals surface area (Å²) in [5.41, 5.74) is 1.63. The zero-order valence-electron chi connectivity index (χ0n) is 14.5. The van der Waals surface area contributed by atoms with Crippen molar-refractivity contribution in [2.75, 3.05) is 6.79 Å². The first-order valence-electron chi connectivity index (χ1n) is 8.41. The van der Waals surface area contributed by atoms with Crippen molar-refractivity contribution in [3.05, 3.63) is 60.0 Å². The highest BCUT2D eigenvalue weighted by molar-refractivity contribution is 5.91. The number of benzene rings is 1. The Labute approximate surface area is 154 Å². The lowest BCUT2D eigenvalue weighted by Gasteiger charge is -2.13. The number of imidazole rings is 1. The summed E-state index contributed by atoms with van der Waals surface area (Å²) < 4.78 is 17.5. The summed E-state index contributed by atoms with van der Waals surface area (Å²) in [6.45, 7) is 2.00. The Morgan fingerprint density at radius 2 is 2.11 bits per heavy atom. The van der Waals surface area contributed by atoms with Crippen molar-refractivity contribution in [3.8, 4) is 11.5 Å². The maximum Gasteiger partial charge on any atom is 0.359 e. The first-order chi connectivity index (χ1) is 13.1. The Bertz CT molecular complexity index is 981. The molecule has 0 unspecified atom stereocenters. The van der Waals surface area contributed by atoms with E-state index >= 15 is 0 Å². The molecule has 1 aliphatic rings. The second kappa shape index (κ2) is 6.99. The fraction of sp³-hybridized carbons (Fsp3) is 0.211. The molecule has 1 aliphatic heterocycles. The van der Waals surface area contributed by atoms with E-state index in [1.165, 1.54) is 6.92 Å². The largest absolute Gasteiger partial charge is 0.454 e. The van der Waals surface area contributed by atoms with Crippen LogP contribution >= 0.6 is 0 Å². The highest BCUT2D eigenvalue weighted by atomic mass is 16.7. The van der Waals surface area contributed by atoms with Crippen molar-refractivity contribution in [1.29, 1.82) is 0 Å². The lowest BCUT2D eigenvalue weighted by molar-refractivity contribution is -0.129. The van der Waals surface area contributed by atoms with Gasteiger partial charge in [-0.25, -0.2) is 9.78 Å². The fourth-order valence-corrected chi connectivity index (χ4v) is 2.69. The summed E-state index contributed by atoms with van der Waals surface area (Å²) in [5.74, 6) is 0.280. The molecule has 8 heteroatoms. The molecule has 8 nitrogen and oxygen atoms in total. The monoisotopic (exact) mass is 367 g/mol. The van der Waals surface area contributed by atoms with Crippen molar-refractivity contribution >= 4 is 17.5 Å². The molecule has 0 spiro atoms. The van der Waals surface area contributed by atoms with Gasteiger partial charge < -0.3 is 23.9 Å². The van der Waals surface area contributed by atoms with E-state index in [2.05, 4.69) is 10.3 Å². The Morgan fingerprint density at radius 3 is 2.96 bits per heavy atom. The number of fused-ring (bicyclic) bond motifs is 2. The normalized spacial score (nSPS) is 13.4. The molecule has 1 atom stereocenters. The number of hydrogen-bond donors (Lipinski definition) is 1. The van der Waals surface area contributed by atoms with Gasteiger partial charge in [-0.1, -0.05) is 12.1 Å². The summed E-state index contributed by atoms with van der Waals surface area (Å²) in [6, 6.07) is 10.9. The van der Waals surface area contributed by atoms with Crippen LogP contribution in [0.4, 0.5) is 0 Å². The van der Waals surface area contributed by atoms with Crippen molar-refractivity contribution < 1.29 is 23.8 Å². The van der Waals surface area contributed by atoms with Crippen molar-refractivity contribution in [1.82, 2.24) is 14.7 Å². The molecule has 1 N–H and O–H groups in total. The van der Waals surface area contributed by atoms with E-state index in [4.69, 9.17) is 14.2 Å². The van der Waals surface area contributed by atoms with Gasteiger partial charge in [0.1, 0.15) is 5.65 Å². The van der Waals surface area contributed by atoms with E-state index in [-0.39, 0.29) is 19.0 Å². The fourth-order valence-electron chi connectivity index (χ4n) is 2.69. The van der Waals surface area contributed by atoms with Gasteiger partial charge in [0.15, 0.2) is 23.3 Å². The van der Waals surface area contributed by atoms with Gasteiger partial charge in [-0.3, -0.25) is 4.79 Å². The van der Waals surface area contributed by atoms with Crippen molar-refractivity contribution in [3.63, 3.8) is 0 Å². The zero-order chi connectivity index (χ0) is 18.8. The van der Waals surface area contributed by atoms with Crippen molar-refractivity contribution in [2.45, 2.75) is 19.6 Å². The first-order valence-corrected chi connectivity index (χ1v) is 8.41. The van der Waals surface area contributed by atoms with E-state index in [0.717, 1.165) is 5.56 Å². The predicted molar refractivity (Wildman–Crippen MR) is 94.5 cm³/mol. The minimum absolute atomic E-state index is 0.150. The van der Waals surface area contributed by atoms with Crippen LogP contribution in [-0.4, -0.2) is 34.2 Å². The van der Waals surface area contributed by atoms with Gasteiger partial charge in [-0.2, -0.15) is 0 Å². The maximum absolute atomic E-state index is 12.2. The number of ether oxygens (including phenoxy) is 3. The molecule has 0 radical (unpaired) electrons. The number of pyridine rings is 1. The van der Waals surface area contributed by atoms with Gasteiger partial charge in [-0.05, 0) is 36.8 Å². The van der Waals surface area contributed by atoms with Crippen LogP contribution in [0.25, 0.3) is 5.65 Å². The van der Waals surface area contributed by atoms with Gasteiger partial charge in [0.2, 0.25) is 6.79 Å². The van der Waals surface area contributed by atoms with E-state index in [9.17, 15) is 9.59 Å². The molecule has 0 aliphatic carbocycles. The number of hydrogen-bond acceptors (Lipinski definition) is 6. The Balaban J connectivity index is 1.34. The lowest BCUT2D eigenvalue weighted by atomic mass is 10.2. The number of aromatic nitrogens is 2. The van der Waals surface area contributed by atoms with E-state index < -0.39 is 18.0 Å². The predicted octanol–water partition coefficient (Wildman–Crippen LogP) is 1.92. The Kier molecular flexibility index (Phi) is 4.37. The van der Waals surface area contributed by atoms with Crippen LogP contribution in [0.15, 0.2) is 48.8 Å². The maximum atomic E-state index is 12.2. The quantitative estimate of drug-likeness (QED) is 0.693. The van der Waals surface area contributed by atoms with Gasteiger partial charge in [0.05, 0.1) is 0 Å². The van der Waals surface area contributed by atoms with Crippen LogP contribution in [0, 0.1) is 0 Å². The molecule has 0 fully saturated rings. The number of carbonyl (C=O) groups excluding carboxylic acids is 2. The molecule has 0 saturated carbocycles. The molecular formula is C19H17N3O5. The molecule has 138 valence electrons. The van der Waals surface area contributed by atoms with E-state index in [1.807, 2.05) is 18.2 Å². The molecular weight excluding hydrogens is 350 g/mol. The Morgan fingerprint density at radius 1 is 1.26 bits per heavy atom. The third-order valence-corrected chi connectivity index (χ3v) is 4.13. The Hall–Kier alpha value is -3.55. The molecule has 3 heterocycles. The van der Waals surface area contributed by atoms with Gasteiger partial charge >= 0.3 is 5.97 Å². The highest BCUT2D eigenvalue weighted by Crippen LogP contribution is 2.32. The summed E-state index contributed by atoms with van der Waals surface area (Å²) in [7, 11) is 0.